The zero-order valence-electron chi connectivity index (χ0n) is 23.0. The first-order valence-corrected chi connectivity index (χ1v) is 15.8. The van der Waals surface area contributed by atoms with Crippen molar-refractivity contribution in [2.75, 3.05) is 13.3 Å². The van der Waals surface area contributed by atoms with Crippen molar-refractivity contribution in [3.8, 4) is 0 Å². The van der Waals surface area contributed by atoms with Gasteiger partial charge in [-0.25, -0.2) is 4.79 Å². The smallest absolute Gasteiger partial charge is 0.334 e. The molecule has 0 bridgehead atoms. The second-order valence-corrected chi connectivity index (χ2v) is 13.4. The molecule has 0 aromatic heterocycles. The Kier molecular flexibility index (Phi) is 11.0. The molecule has 3 rings (SSSR count). The minimum atomic E-state index is -4.53. The molecule has 0 aliphatic rings. The van der Waals surface area contributed by atoms with Crippen LogP contribution in [0.1, 0.15) is 30.0 Å². The second kappa shape index (κ2) is 14.0. The third-order valence-corrected chi connectivity index (χ3v) is 9.69. The predicted octanol–water partition coefficient (Wildman–Crippen LogP) is 5.35. The summed E-state index contributed by atoms with van der Waals surface area (Å²) in [5.41, 5.74) is 0.320. The Morgan fingerprint density at radius 3 is 1.80 bits per heavy atom. The molecular formula is C29H33O10PS. The number of methoxy groups -OCH3 is 1. The average molecular weight is 605 g/mol. The number of rotatable bonds is 15. The summed E-state index contributed by atoms with van der Waals surface area (Å²) >= 11 is 0. The molecule has 10 nitrogen and oxygen atoms in total. The highest BCUT2D eigenvalue weighted by molar-refractivity contribution is 7.86. The third-order valence-electron chi connectivity index (χ3n) is 6.23. The molecule has 0 saturated heterocycles. The molecule has 2 atom stereocenters. The molecule has 0 radical (unpaired) electrons. The highest BCUT2D eigenvalue weighted by Crippen LogP contribution is 2.55. The normalized spacial score (nSPS) is 14.1. The lowest BCUT2D eigenvalue weighted by Crippen LogP contribution is -2.41. The molecule has 0 amide bonds. The summed E-state index contributed by atoms with van der Waals surface area (Å²) < 4.78 is 61.4. The quantitative estimate of drug-likeness (QED) is 0.137. The Bertz CT molecular complexity index is 1410. The van der Waals surface area contributed by atoms with Gasteiger partial charge in [-0.1, -0.05) is 78.4 Å². The van der Waals surface area contributed by atoms with Crippen molar-refractivity contribution in [1.82, 2.24) is 0 Å². The molecule has 0 heterocycles. The molecule has 0 unspecified atom stereocenters. The second-order valence-electron chi connectivity index (χ2n) is 9.73. The molecule has 3 aromatic rings. The van der Waals surface area contributed by atoms with E-state index in [-0.39, 0.29) is 18.1 Å². The molecule has 3 aromatic carbocycles. The van der Waals surface area contributed by atoms with Gasteiger partial charge in [-0.3, -0.25) is 13.5 Å². The van der Waals surface area contributed by atoms with Gasteiger partial charge in [-0.05, 0) is 37.1 Å². The minimum absolute atomic E-state index is 0.120. The zero-order valence-corrected chi connectivity index (χ0v) is 24.7. The van der Waals surface area contributed by atoms with E-state index in [2.05, 4.69) is 0 Å². The van der Waals surface area contributed by atoms with Crippen molar-refractivity contribution in [1.29, 1.82) is 0 Å². The Morgan fingerprint density at radius 2 is 1.37 bits per heavy atom. The highest BCUT2D eigenvalue weighted by Gasteiger charge is 2.47. The summed E-state index contributed by atoms with van der Waals surface area (Å²) in [7, 11) is -7.58. The maximum Gasteiger partial charge on any atom is 0.334 e. The van der Waals surface area contributed by atoms with Gasteiger partial charge in [0, 0.05) is 6.42 Å². The summed E-state index contributed by atoms with van der Waals surface area (Å²) in [4.78, 5) is 25.0. The van der Waals surface area contributed by atoms with E-state index < -0.39 is 53.8 Å². The molecule has 220 valence electrons. The monoisotopic (exact) mass is 604 g/mol. The highest BCUT2D eigenvalue weighted by atomic mass is 32.2. The van der Waals surface area contributed by atoms with Gasteiger partial charge in [-0.15, -0.1) is 0 Å². The van der Waals surface area contributed by atoms with Gasteiger partial charge < -0.3 is 18.9 Å². The van der Waals surface area contributed by atoms with Crippen LogP contribution in [0.5, 0.6) is 0 Å². The van der Waals surface area contributed by atoms with Gasteiger partial charge in [0.15, 0.2) is 6.10 Å². The number of carbonyl (C=O) groups is 2. The molecule has 0 fully saturated rings. The molecule has 0 aliphatic heterocycles. The van der Waals surface area contributed by atoms with Crippen LogP contribution < -0.4 is 0 Å². The largest absolute Gasteiger partial charge is 0.479 e. The fourth-order valence-corrected chi connectivity index (χ4v) is 7.09. The Morgan fingerprint density at radius 1 is 0.878 bits per heavy atom. The van der Waals surface area contributed by atoms with Crippen molar-refractivity contribution >= 4 is 29.7 Å². The van der Waals surface area contributed by atoms with Crippen LogP contribution in [-0.4, -0.2) is 44.8 Å². The average Bonchev–Trinajstić information content (AvgIpc) is 2.95. The number of hydrogen-bond acceptors (Lipinski definition) is 9. The topological polar surface area (TPSA) is 142 Å². The zero-order chi connectivity index (χ0) is 30.1. The molecule has 1 N–H and O–H groups in total. The van der Waals surface area contributed by atoms with Crippen LogP contribution in [0.15, 0.2) is 89.8 Å². The number of esters is 1. The summed E-state index contributed by atoms with van der Waals surface area (Å²) in [5.74, 6) is -2.58. The van der Waals surface area contributed by atoms with E-state index in [9.17, 15) is 27.7 Å². The standard InChI is InChI=1S/C29H33O10PS/c1-22-14-16-25(17-15-22)41(34,35)39-26(27(30)31)18-29(2,28(32)36-3)21-40(33,37-19-23-10-6-4-7-11-23)38-20-24-12-8-5-9-13-24/h4-17,26H,18-21H2,1-3H3,(H,30,31)/t26-,29-/m0/s1. The Balaban J connectivity index is 1.90. The number of aryl methyl sites for hydroxylation is 1. The van der Waals surface area contributed by atoms with Gasteiger partial charge in [0.2, 0.25) is 0 Å². The molecule has 41 heavy (non-hydrogen) atoms. The summed E-state index contributed by atoms with van der Waals surface area (Å²) in [6.45, 7) is 2.83. The van der Waals surface area contributed by atoms with Gasteiger partial charge in [0.1, 0.15) is 0 Å². The van der Waals surface area contributed by atoms with E-state index in [0.717, 1.165) is 12.7 Å². The van der Waals surface area contributed by atoms with E-state index >= 15 is 0 Å². The fourth-order valence-electron chi connectivity index (χ4n) is 3.99. The number of carboxylic acid groups (broad SMARTS) is 1. The molecular weight excluding hydrogens is 571 g/mol. The molecule has 12 heteroatoms. The van der Waals surface area contributed by atoms with Crippen molar-refractivity contribution in [2.24, 2.45) is 5.41 Å². The van der Waals surface area contributed by atoms with Crippen LogP contribution in [-0.2, 0) is 55.5 Å². The summed E-state index contributed by atoms with van der Waals surface area (Å²) in [6, 6.07) is 23.4. The number of aliphatic carboxylic acids is 1. The lowest BCUT2D eigenvalue weighted by Gasteiger charge is -2.32. The van der Waals surface area contributed by atoms with Crippen LogP contribution in [0.3, 0.4) is 0 Å². The third kappa shape index (κ3) is 9.34. The van der Waals surface area contributed by atoms with Crippen molar-refractivity contribution in [3.05, 3.63) is 102 Å². The van der Waals surface area contributed by atoms with E-state index in [0.29, 0.717) is 11.1 Å². The number of ether oxygens (including phenoxy) is 1. The van der Waals surface area contributed by atoms with E-state index in [1.807, 2.05) is 0 Å². The maximum atomic E-state index is 14.1. The number of carboxylic acids is 1. The van der Waals surface area contributed by atoms with Crippen LogP contribution >= 0.6 is 7.60 Å². The first kappa shape index (κ1) is 32.2. The minimum Gasteiger partial charge on any atom is -0.479 e. The Labute approximate surface area is 239 Å². The Hall–Kier alpha value is -3.34. The SMILES string of the molecule is COC(=O)[C@@](C)(C[C@H](OS(=O)(=O)c1ccc(C)cc1)C(=O)O)CP(=O)(OCc1ccccc1)OCc1ccccc1. The van der Waals surface area contributed by atoms with Crippen LogP contribution in [0.25, 0.3) is 0 Å². The maximum absolute atomic E-state index is 14.1. The van der Waals surface area contributed by atoms with E-state index in [1.54, 1.807) is 67.6 Å². The lowest BCUT2D eigenvalue weighted by atomic mass is 9.86. The molecule has 0 saturated carbocycles. The van der Waals surface area contributed by atoms with Crippen LogP contribution in [0.4, 0.5) is 0 Å². The van der Waals surface area contributed by atoms with Crippen LogP contribution in [0.2, 0.25) is 0 Å². The fraction of sp³-hybridized carbons (Fsp3) is 0.310. The van der Waals surface area contributed by atoms with Gasteiger partial charge in [-0.2, -0.15) is 8.42 Å². The van der Waals surface area contributed by atoms with Crippen molar-refractivity contribution < 1.29 is 45.6 Å². The lowest BCUT2D eigenvalue weighted by molar-refractivity contribution is -0.155. The van der Waals surface area contributed by atoms with E-state index in [1.165, 1.54) is 31.2 Å². The van der Waals surface area contributed by atoms with Crippen molar-refractivity contribution in [3.63, 3.8) is 0 Å². The number of carbonyl (C=O) groups excluding carboxylic acids is 1. The first-order valence-electron chi connectivity index (χ1n) is 12.6. The molecule has 0 spiro atoms. The number of benzene rings is 3. The van der Waals surface area contributed by atoms with Crippen molar-refractivity contribution in [2.45, 2.75) is 44.5 Å². The van der Waals surface area contributed by atoms with Gasteiger partial charge in [0.05, 0.1) is 36.8 Å². The van der Waals surface area contributed by atoms with Crippen LogP contribution in [0, 0.1) is 12.3 Å². The molecule has 0 aliphatic carbocycles. The van der Waals surface area contributed by atoms with E-state index in [4.69, 9.17) is 18.0 Å². The van der Waals surface area contributed by atoms with Gasteiger partial charge >= 0.3 is 19.5 Å². The first-order chi connectivity index (χ1) is 19.4. The predicted molar refractivity (Wildman–Crippen MR) is 151 cm³/mol. The summed E-state index contributed by atoms with van der Waals surface area (Å²) in [5, 5.41) is 9.87. The summed E-state index contributed by atoms with van der Waals surface area (Å²) in [6.07, 6.45) is -3.32. The number of hydrogen-bond donors (Lipinski definition) is 1. The van der Waals surface area contributed by atoms with Gasteiger partial charge in [0.25, 0.3) is 10.1 Å².